The summed E-state index contributed by atoms with van der Waals surface area (Å²) in [6.07, 6.45) is -5.10. The van der Waals surface area contributed by atoms with Crippen molar-refractivity contribution in [1.82, 2.24) is 5.32 Å². The number of rotatable bonds is 6. The van der Waals surface area contributed by atoms with Crippen LogP contribution in [0.1, 0.15) is 17.9 Å². The third-order valence-electron chi connectivity index (χ3n) is 1.84. The van der Waals surface area contributed by atoms with Gasteiger partial charge in [0, 0.05) is 0 Å². The summed E-state index contributed by atoms with van der Waals surface area (Å²) in [5.74, 6) is 1.27. The third kappa shape index (κ3) is 5.18. The van der Waals surface area contributed by atoms with Gasteiger partial charge in [0.25, 0.3) is 0 Å². The van der Waals surface area contributed by atoms with Gasteiger partial charge in [0.1, 0.15) is 18.1 Å². The summed E-state index contributed by atoms with van der Waals surface area (Å²) in [6.45, 7) is 0.313. The molecule has 0 spiro atoms. The summed E-state index contributed by atoms with van der Waals surface area (Å²) in [6, 6.07) is 3.46. The second kappa shape index (κ2) is 5.91. The molecule has 1 heterocycles. The van der Waals surface area contributed by atoms with Crippen molar-refractivity contribution in [2.75, 3.05) is 13.7 Å². The molecule has 92 valence electrons. The highest BCUT2D eigenvalue weighted by Crippen LogP contribution is 2.19. The highest BCUT2D eigenvalue weighted by Gasteiger charge is 2.26. The lowest BCUT2D eigenvalue weighted by atomic mass is 10.4. The maximum atomic E-state index is 11.8. The summed E-state index contributed by atoms with van der Waals surface area (Å²) in [4.78, 5) is 0. The van der Waals surface area contributed by atoms with Crippen LogP contribution in [0.4, 0.5) is 13.2 Å². The average molecular weight is 237 g/mol. The predicted octanol–water partition coefficient (Wildman–Crippen LogP) is 2.47. The Labute approximate surface area is 91.6 Å². The van der Waals surface area contributed by atoms with Gasteiger partial charge >= 0.3 is 6.18 Å². The molecule has 0 fully saturated rings. The van der Waals surface area contributed by atoms with E-state index in [9.17, 15) is 13.2 Å². The number of ether oxygens (including phenoxy) is 1. The molecule has 1 rings (SSSR count). The molecule has 16 heavy (non-hydrogen) atoms. The van der Waals surface area contributed by atoms with E-state index in [-0.39, 0.29) is 13.2 Å². The van der Waals surface area contributed by atoms with Crippen molar-refractivity contribution in [3.05, 3.63) is 23.7 Å². The maximum absolute atomic E-state index is 11.8. The van der Waals surface area contributed by atoms with E-state index in [1.165, 1.54) is 0 Å². The first kappa shape index (κ1) is 13.1. The standard InChI is InChI=1S/C10H14F3NO2/c1-14-6-8-2-3-9(16-8)7-15-5-4-10(11,12)13/h2-3,14H,4-7H2,1H3. The monoisotopic (exact) mass is 237 g/mol. The fourth-order valence-electron chi connectivity index (χ4n) is 1.13. The van der Waals surface area contributed by atoms with Crippen molar-refractivity contribution in [2.24, 2.45) is 0 Å². The Bertz CT molecular complexity index is 309. The van der Waals surface area contributed by atoms with E-state index < -0.39 is 12.6 Å². The van der Waals surface area contributed by atoms with Crippen LogP contribution < -0.4 is 5.32 Å². The molecule has 0 amide bonds. The number of alkyl halides is 3. The van der Waals surface area contributed by atoms with E-state index in [0.717, 1.165) is 5.76 Å². The lowest BCUT2D eigenvalue weighted by molar-refractivity contribution is -0.146. The fourth-order valence-corrected chi connectivity index (χ4v) is 1.13. The van der Waals surface area contributed by atoms with Gasteiger partial charge in [0.2, 0.25) is 0 Å². The van der Waals surface area contributed by atoms with Crippen LogP contribution in [0.5, 0.6) is 0 Å². The predicted molar refractivity (Wildman–Crippen MR) is 51.8 cm³/mol. The van der Waals surface area contributed by atoms with Crippen LogP contribution in [0.25, 0.3) is 0 Å². The summed E-state index contributed by atoms with van der Waals surface area (Å²) in [7, 11) is 1.78. The number of halogens is 3. The highest BCUT2D eigenvalue weighted by atomic mass is 19.4. The zero-order chi connectivity index (χ0) is 12.0. The molecule has 0 aromatic carbocycles. The van der Waals surface area contributed by atoms with E-state index in [1.54, 1.807) is 19.2 Å². The number of hydrogen-bond acceptors (Lipinski definition) is 3. The van der Waals surface area contributed by atoms with Crippen molar-refractivity contribution in [1.29, 1.82) is 0 Å². The van der Waals surface area contributed by atoms with Gasteiger partial charge in [-0.1, -0.05) is 0 Å². The molecule has 1 aromatic rings. The summed E-state index contributed by atoms with van der Waals surface area (Å²) < 4.78 is 45.5. The molecular weight excluding hydrogens is 223 g/mol. The molecule has 0 saturated heterocycles. The summed E-state index contributed by atoms with van der Waals surface area (Å²) >= 11 is 0. The first-order valence-corrected chi connectivity index (χ1v) is 4.88. The molecule has 0 aliphatic heterocycles. The number of nitrogens with one attached hydrogen (secondary N) is 1. The van der Waals surface area contributed by atoms with Crippen molar-refractivity contribution in [3.8, 4) is 0 Å². The molecular formula is C10H14F3NO2. The van der Waals surface area contributed by atoms with Gasteiger partial charge < -0.3 is 14.5 Å². The van der Waals surface area contributed by atoms with E-state index >= 15 is 0 Å². The molecule has 0 atom stereocenters. The maximum Gasteiger partial charge on any atom is 0.391 e. The molecule has 0 unspecified atom stereocenters. The van der Waals surface area contributed by atoms with Crippen LogP contribution in [0.15, 0.2) is 16.5 Å². The SMILES string of the molecule is CNCc1ccc(COCCC(F)(F)F)o1. The van der Waals surface area contributed by atoms with Crippen molar-refractivity contribution < 1.29 is 22.3 Å². The topological polar surface area (TPSA) is 34.4 Å². The Morgan fingerprint density at radius 3 is 2.62 bits per heavy atom. The van der Waals surface area contributed by atoms with Crippen LogP contribution in [0.2, 0.25) is 0 Å². The van der Waals surface area contributed by atoms with E-state index in [4.69, 9.17) is 9.15 Å². The number of furan rings is 1. The van der Waals surface area contributed by atoms with Gasteiger partial charge in [-0.15, -0.1) is 0 Å². The molecule has 1 N–H and O–H groups in total. The lowest BCUT2D eigenvalue weighted by Gasteiger charge is -2.05. The zero-order valence-electron chi connectivity index (χ0n) is 8.93. The fraction of sp³-hybridized carbons (Fsp3) is 0.600. The largest absolute Gasteiger partial charge is 0.462 e. The number of hydrogen-bond donors (Lipinski definition) is 1. The van der Waals surface area contributed by atoms with Crippen molar-refractivity contribution in [3.63, 3.8) is 0 Å². The van der Waals surface area contributed by atoms with Crippen LogP contribution in [-0.4, -0.2) is 19.8 Å². The van der Waals surface area contributed by atoms with Gasteiger partial charge in [-0.2, -0.15) is 13.2 Å². The minimum absolute atomic E-state index is 0.0692. The molecule has 0 aliphatic rings. The normalized spacial score (nSPS) is 12.0. The van der Waals surface area contributed by atoms with Gasteiger partial charge in [-0.05, 0) is 19.2 Å². The Morgan fingerprint density at radius 2 is 2.00 bits per heavy atom. The van der Waals surface area contributed by atoms with Gasteiger partial charge in [-0.3, -0.25) is 0 Å². The van der Waals surface area contributed by atoms with Crippen molar-refractivity contribution >= 4 is 0 Å². The Kier molecular flexibility index (Phi) is 4.82. The minimum Gasteiger partial charge on any atom is -0.462 e. The summed E-state index contributed by atoms with van der Waals surface area (Å²) in [5, 5.41) is 2.90. The van der Waals surface area contributed by atoms with E-state index in [0.29, 0.717) is 12.3 Å². The molecule has 3 nitrogen and oxygen atoms in total. The van der Waals surface area contributed by atoms with Gasteiger partial charge in [0.15, 0.2) is 0 Å². The first-order chi connectivity index (χ1) is 7.51. The van der Waals surface area contributed by atoms with Crippen LogP contribution >= 0.6 is 0 Å². The van der Waals surface area contributed by atoms with Crippen LogP contribution in [0, 0.1) is 0 Å². The quantitative estimate of drug-likeness (QED) is 0.772. The second-order valence-corrected chi connectivity index (χ2v) is 3.32. The van der Waals surface area contributed by atoms with Gasteiger partial charge in [0.05, 0.1) is 19.6 Å². The van der Waals surface area contributed by atoms with E-state index in [1.807, 2.05) is 0 Å². The molecule has 0 aliphatic carbocycles. The van der Waals surface area contributed by atoms with E-state index in [2.05, 4.69) is 5.32 Å². The smallest absolute Gasteiger partial charge is 0.391 e. The van der Waals surface area contributed by atoms with Crippen molar-refractivity contribution in [2.45, 2.75) is 25.7 Å². The minimum atomic E-state index is -4.17. The Balaban J connectivity index is 2.21. The van der Waals surface area contributed by atoms with Gasteiger partial charge in [-0.25, -0.2) is 0 Å². The van der Waals surface area contributed by atoms with Crippen LogP contribution in [0.3, 0.4) is 0 Å². The molecule has 0 bridgehead atoms. The molecule has 0 radical (unpaired) electrons. The Morgan fingerprint density at radius 1 is 1.31 bits per heavy atom. The molecule has 1 aromatic heterocycles. The molecule has 0 saturated carbocycles. The average Bonchev–Trinajstić information content (AvgIpc) is 2.60. The lowest BCUT2D eigenvalue weighted by Crippen LogP contribution is -2.11. The third-order valence-corrected chi connectivity index (χ3v) is 1.84. The Hall–Kier alpha value is -1.01. The second-order valence-electron chi connectivity index (χ2n) is 3.32. The zero-order valence-corrected chi connectivity index (χ0v) is 8.93. The first-order valence-electron chi connectivity index (χ1n) is 4.88. The highest BCUT2D eigenvalue weighted by molar-refractivity contribution is 5.06. The molecule has 6 heteroatoms. The van der Waals surface area contributed by atoms with Crippen LogP contribution in [-0.2, 0) is 17.9 Å². The summed E-state index contributed by atoms with van der Waals surface area (Å²) in [5.41, 5.74) is 0.